The van der Waals surface area contributed by atoms with Crippen LogP contribution in [0.15, 0.2) is 17.1 Å². The van der Waals surface area contributed by atoms with Gasteiger partial charge in [-0.25, -0.2) is 4.79 Å². The predicted molar refractivity (Wildman–Crippen MR) is 136 cm³/mol. The lowest BCUT2D eigenvalue weighted by molar-refractivity contribution is 0.285. The molecule has 31 heavy (non-hydrogen) atoms. The fraction of sp³-hybridized carbons (Fsp3) is 0.840. The molecule has 0 aliphatic heterocycles. The second-order valence-electron chi connectivity index (χ2n) is 8.77. The maximum absolute atomic E-state index is 11.8. The molecule has 6 heteroatoms. The third-order valence-corrected chi connectivity index (χ3v) is 7.15. The topological polar surface area (TPSA) is 81.1 Å². The Morgan fingerprint density at radius 3 is 1.84 bits per heavy atom. The highest BCUT2D eigenvalue weighted by atomic mass is 32.2. The lowest BCUT2D eigenvalue weighted by Gasteiger charge is -2.15. The quantitative estimate of drug-likeness (QED) is 0.217. The van der Waals surface area contributed by atoms with E-state index in [1.807, 2.05) is 0 Å². The van der Waals surface area contributed by atoms with E-state index < -0.39 is 0 Å². The molecule has 3 N–H and O–H groups in total. The number of nitrogens with zero attached hydrogens (tertiary/aromatic N) is 2. The molecular weight excluding hydrogens is 406 g/mol. The minimum Gasteiger partial charge on any atom is -0.395 e. The van der Waals surface area contributed by atoms with Crippen molar-refractivity contribution in [3.63, 3.8) is 0 Å². The van der Waals surface area contributed by atoms with Gasteiger partial charge in [-0.15, -0.1) is 0 Å². The summed E-state index contributed by atoms with van der Waals surface area (Å²) in [6.45, 7) is 2.83. The van der Waals surface area contributed by atoms with Crippen LogP contribution >= 0.6 is 11.8 Å². The van der Waals surface area contributed by atoms with Gasteiger partial charge in [0.25, 0.3) is 0 Å². The van der Waals surface area contributed by atoms with Gasteiger partial charge in [-0.2, -0.15) is 16.7 Å². The molecule has 0 saturated heterocycles. The Labute approximate surface area is 194 Å². The highest BCUT2D eigenvalue weighted by Crippen LogP contribution is 2.17. The molecule has 0 aromatic carbocycles. The molecule has 0 saturated carbocycles. The van der Waals surface area contributed by atoms with Gasteiger partial charge in [-0.05, 0) is 18.2 Å². The molecule has 0 bridgehead atoms. The van der Waals surface area contributed by atoms with Crippen LogP contribution in [0.2, 0.25) is 0 Å². The summed E-state index contributed by atoms with van der Waals surface area (Å²) in [7, 11) is 0. The normalized spacial score (nSPS) is 12.3. The molecule has 180 valence electrons. The van der Waals surface area contributed by atoms with Gasteiger partial charge in [0, 0.05) is 18.0 Å². The Bertz CT molecular complexity index is 594. The monoisotopic (exact) mass is 453 g/mol. The number of aliphatic hydroxyl groups is 1. The Balaban J connectivity index is 1.89. The van der Waals surface area contributed by atoms with E-state index >= 15 is 0 Å². The first-order chi connectivity index (χ1) is 15.2. The first-order valence-electron chi connectivity index (χ1n) is 12.7. The van der Waals surface area contributed by atoms with E-state index in [-0.39, 0.29) is 23.4 Å². The molecule has 0 amide bonds. The van der Waals surface area contributed by atoms with Crippen molar-refractivity contribution in [2.75, 3.05) is 18.1 Å². The van der Waals surface area contributed by atoms with Crippen molar-refractivity contribution >= 4 is 17.6 Å². The lowest BCUT2D eigenvalue weighted by Crippen LogP contribution is -2.29. The zero-order valence-corrected chi connectivity index (χ0v) is 20.7. The first-order valence-corrected chi connectivity index (χ1v) is 13.8. The molecule has 1 unspecified atom stereocenters. The summed E-state index contributed by atoms with van der Waals surface area (Å²) < 4.78 is 1.53. The van der Waals surface area contributed by atoms with E-state index in [0.717, 1.165) is 5.75 Å². The Morgan fingerprint density at radius 2 is 1.39 bits per heavy atom. The van der Waals surface area contributed by atoms with Crippen LogP contribution in [-0.2, 0) is 6.54 Å². The summed E-state index contributed by atoms with van der Waals surface area (Å²) in [6.07, 6.45) is 23.7. The van der Waals surface area contributed by atoms with Crippen LogP contribution in [0, 0.1) is 0 Å². The Kier molecular flexibility index (Phi) is 17.8. The third kappa shape index (κ3) is 15.4. The van der Waals surface area contributed by atoms with Crippen LogP contribution in [-0.4, -0.2) is 32.3 Å². The van der Waals surface area contributed by atoms with Crippen LogP contribution in [0.4, 0.5) is 5.82 Å². The van der Waals surface area contributed by atoms with Crippen molar-refractivity contribution in [3.05, 3.63) is 22.7 Å². The maximum Gasteiger partial charge on any atom is 0.349 e. The van der Waals surface area contributed by atoms with E-state index in [1.165, 1.54) is 107 Å². The first kappa shape index (κ1) is 28.0. The molecule has 0 aliphatic rings. The van der Waals surface area contributed by atoms with Crippen LogP contribution < -0.4 is 11.4 Å². The molecule has 1 aromatic rings. The Hall–Kier alpha value is -1.01. The highest BCUT2D eigenvalue weighted by molar-refractivity contribution is 7.99. The van der Waals surface area contributed by atoms with E-state index in [2.05, 4.69) is 11.9 Å². The number of rotatable bonds is 21. The average Bonchev–Trinajstić information content (AvgIpc) is 2.76. The second-order valence-corrected chi connectivity index (χ2v) is 10.2. The summed E-state index contributed by atoms with van der Waals surface area (Å²) in [5.74, 6) is 1.27. The lowest BCUT2D eigenvalue weighted by atomic mass is 10.0. The predicted octanol–water partition coefficient (Wildman–Crippen LogP) is 6.18. The van der Waals surface area contributed by atoms with Gasteiger partial charge in [0.05, 0.1) is 6.61 Å². The Morgan fingerprint density at radius 1 is 0.903 bits per heavy atom. The zero-order chi connectivity index (χ0) is 22.6. The SMILES string of the molecule is CCCCCCCCCCCCCCCCCCSC(CO)Cn1ccc(N)nc1=O. The van der Waals surface area contributed by atoms with Crippen molar-refractivity contribution in [1.82, 2.24) is 9.55 Å². The van der Waals surface area contributed by atoms with E-state index in [9.17, 15) is 9.90 Å². The van der Waals surface area contributed by atoms with Crippen molar-refractivity contribution in [2.45, 2.75) is 121 Å². The van der Waals surface area contributed by atoms with Gasteiger partial charge in [-0.3, -0.25) is 4.57 Å². The fourth-order valence-electron chi connectivity index (χ4n) is 3.86. The van der Waals surface area contributed by atoms with Gasteiger partial charge in [0.1, 0.15) is 5.82 Å². The fourth-order valence-corrected chi connectivity index (χ4v) is 4.94. The molecule has 1 rings (SSSR count). The highest BCUT2D eigenvalue weighted by Gasteiger charge is 2.10. The smallest absolute Gasteiger partial charge is 0.349 e. The summed E-state index contributed by atoms with van der Waals surface area (Å²) in [5, 5.41) is 9.61. The molecule has 0 fully saturated rings. The zero-order valence-electron chi connectivity index (χ0n) is 19.9. The number of hydrogen-bond donors (Lipinski definition) is 2. The van der Waals surface area contributed by atoms with Crippen molar-refractivity contribution in [3.8, 4) is 0 Å². The number of unbranched alkanes of at least 4 members (excludes halogenated alkanes) is 15. The summed E-state index contributed by atoms with van der Waals surface area (Å²) >= 11 is 1.75. The van der Waals surface area contributed by atoms with Crippen molar-refractivity contribution in [2.24, 2.45) is 0 Å². The number of thioether (sulfide) groups is 1. The summed E-state index contributed by atoms with van der Waals surface area (Å²) in [6, 6.07) is 1.62. The molecule has 0 spiro atoms. The van der Waals surface area contributed by atoms with Crippen LogP contribution in [0.1, 0.15) is 110 Å². The van der Waals surface area contributed by atoms with Crippen LogP contribution in [0.3, 0.4) is 0 Å². The third-order valence-electron chi connectivity index (χ3n) is 5.85. The van der Waals surface area contributed by atoms with Crippen molar-refractivity contribution < 1.29 is 5.11 Å². The van der Waals surface area contributed by atoms with Crippen molar-refractivity contribution in [1.29, 1.82) is 0 Å². The van der Waals surface area contributed by atoms with Gasteiger partial charge in [0.2, 0.25) is 0 Å². The molecule has 1 aromatic heterocycles. The van der Waals surface area contributed by atoms with Crippen LogP contribution in [0.25, 0.3) is 0 Å². The maximum atomic E-state index is 11.8. The van der Waals surface area contributed by atoms with Gasteiger partial charge in [-0.1, -0.05) is 103 Å². The molecule has 1 atom stereocenters. The minimum absolute atomic E-state index is 0.0273. The number of nitrogen functional groups attached to an aromatic ring is 1. The van der Waals surface area contributed by atoms with Gasteiger partial charge < -0.3 is 10.8 Å². The average molecular weight is 454 g/mol. The van der Waals surface area contributed by atoms with Gasteiger partial charge in [0.15, 0.2) is 0 Å². The van der Waals surface area contributed by atoms with E-state index in [4.69, 9.17) is 5.73 Å². The standard InChI is InChI=1S/C25H47N3O2S/c1-2-3-4-5-6-7-8-9-10-11-12-13-14-15-16-17-20-31-23(22-29)21-28-19-18-24(26)27-25(28)30/h18-19,23,29H,2-17,20-22H2,1H3,(H2,26,27,30). The molecule has 5 nitrogen and oxygen atoms in total. The van der Waals surface area contributed by atoms with Gasteiger partial charge >= 0.3 is 5.69 Å². The molecular formula is C25H47N3O2S. The van der Waals surface area contributed by atoms with E-state index in [0.29, 0.717) is 6.54 Å². The molecule has 0 radical (unpaired) electrons. The number of aliphatic hydroxyl groups excluding tert-OH is 1. The molecule has 0 aliphatic carbocycles. The summed E-state index contributed by atoms with van der Waals surface area (Å²) in [5.41, 5.74) is 5.17. The second kappa shape index (κ2) is 19.7. The summed E-state index contributed by atoms with van der Waals surface area (Å²) in [4.78, 5) is 15.5. The number of anilines is 1. The number of nitrogens with two attached hydrogens (primary N) is 1. The minimum atomic E-state index is -0.346. The largest absolute Gasteiger partial charge is 0.395 e. The number of aromatic nitrogens is 2. The molecule has 1 heterocycles. The van der Waals surface area contributed by atoms with Crippen LogP contribution in [0.5, 0.6) is 0 Å². The number of hydrogen-bond acceptors (Lipinski definition) is 5. The van der Waals surface area contributed by atoms with E-state index in [1.54, 1.807) is 24.0 Å².